The van der Waals surface area contributed by atoms with E-state index in [1.807, 2.05) is 0 Å². The van der Waals surface area contributed by atoms with E-state index in [1.165, 1.54) is 0 Å². The molecule has 0 spiro atoms. The van der Waals surface area contributed by atoms with Crippen molar-refractivity contribution in [3.8, 4) is 0 Å². The van der Waals surface area contributed by atoms with Gasteiger partial charge in [-0.25, -0.2) is 9.86 Å². The first-order valence-electron chi connectivity index (χ1n) is 7.11. The van der Waals surface area contributed by atoms with Crippen LogP contribution in [-0.4, -0.2) is 34.3 Å². The molecule has 3 rings (SSSR count). The first kappa shape index (κ1) is 13.9. The van der Waals surface area contributed by atoms with Gasteiger partial charge in [0.15, 0.2) is 5.78 Å². The number of Topliss-reactive ketones (excluding diaryl/α,β-unsaturated/α-hetero) is 1. The summed E-state index contributed by atoms with van der Waals surface area (Å²) in [5, 5.41) is 22.7. The number of hydroxylamine groups is 1. The van der Waals surface area contributed by atoms with Crippen LogP contribution in [-0.2, 0) is 0 Å². The predicted molar refractivity (Wildman–Crippen MR) is 75.7 cm³/mol. The van der Waals surface area contributed by atoms with Gasteiger partial charge in [0, 0.05) is 17.5 Å². The van der Waals surface area contributed by atoms with Crippen molar-refractivity contribution >= 4 is 17.6 Å². The highest BCUT2D eigenvalue weighted by molar-refractivity contribution is 6.10. The van der Waals surface area contributed by atoms with Crippen molar-refractivity contribution in [2.75, 3.05) is 5.06 Å². The molecule has 0 aromatic heterocycles. The van der Waals surface area contributed by atoms with Crippen LogP contribution in [0.1, 0.15) is 30.1 Å². The Morgan fingerprint density at radius 3 is 2.62 bits per heavy atom. The lowest BCUT2D eigenvalue weighted by Gasteiger charge is -2.32. The SMILES string of the molecule is C[C@H](NC(=O)O)[C@H](C1CC1)C1C(=O)c2ccccc2N1O. The van der Waals surface area contributed by atoms with Gasteiger partial charge < -0.3 is 10.4 Å². The molecule has 1 saturated carbocycles. The molecule has 21 heavy (non-hydrogen) atoms. The van der Waals surface area contributed by atoms with E-state index >= 15 is 0 Å². The smallest absolute Gasteiger partial charge is 0.404 e. The van der Waals surface area contributed by atoms with E-state index in [0.717, 1.165) is 17.9 Å². The topological polar surface area (TPSA) is 89.9 Å². The zero-order valence-electron chi connectivity index (χ0n) is 11.7. The van der Waals surface area contributed by atoms with Gasteiger partial charge in [-0.15, -0.1) is 0 Å². The molecule has 0 bridgehead atoms. The van der Waals surface area contributed by atoms with Gasteiger partial charge in [-0.1, -0.05) is 12.1 Å². The molecule has 1 aromatic rings. The average Bonchev–Trinajstić information content (AvgIpc) is 3.23. The summed E-state index contributed by atoms with van der Waals surface area (Å²) in [6, 6.07) is 5.82. The summed E-state index contributed by atoms with van der Waals surface area (Å²) in [6.45, 7) is 1.75. The molecule has 3 N–H and O–H groups in total. The molecule has 0 saturated heterocycles. The van der Waals surface area contributed by atoms with Gasteiger partial charge in [0.1, 0.15) is 6.04 Å². The van der Waals surface area contributed by atoms with Crippen molar-refractivity contribution in [1.82, 2.24) is 5.32 Å². The largest absolute Gasteiger partial charge is 0.465 e. The summed E-state index contributed by atoms with van der Waals surface area (Å²) in [6.07, 6.45) is 0.815. The molecular weight excluding hydrogens is 272 g/mol. The minimum absolute atomic E-state index is 0.135. The van der Waals surface area contributed by atoms with Crippen LogP contribution in [0.2, 0.25) is 0 Å². The molecule has 1 aromatic carbocycles. The lowest BCUT2D eigenvalue weighted by atomic mass is 9.85. The van der Waals surface area contributed by atoms with Crippen LogP contribution in [0.25, 0.3) is 0 Å². The molecule has 0 radical (unpaired) electrons. The lowest BCUT2D eigenvalue weighted by Crippen LogP contribution is -2.50. The maximum Gasteiger partial charge on any atom is 0.404 e. The Labute approximate surface area is 122 Å². The number of carboxylic acid groups (broad SMARTS) is 1. The third kappa shape index (κ3) is 2.35. The fourth-order valence-electron chi connectivity index (χ4n) is 3.35. The van der Waals surface area contributed by atoms with E-state index in [1.54, 1.807) is 31.2 Å². The number of nitrogens with one attached hydrogen (secondary N) is 1. The minimum atomic E-state index is -1.11. The molecule has 112 valence electrons. The highest BCUT2D eigenvalue weighted by Gasteiger charge is 2.49. The zero-order chi connectivity index (χ0) is 15.1. The summed E-state index contributed by atoms with van der Waals surface area (Å²) in [4.78, 5) is 23.5. The monoisotopic (exact) mass is 290 g/mol. The van der Waals surface area contributed by atoms with Crippen LogP contribution >= 0.6 is 0 Å². The number of ketones is 1. The van der Waals surface area contributed by atoms with Crippen molar-refractivity contribution in [2.24, 2.45) is 11.8 Å². The molecular formula is C15H18N2O4. The Morgan fingerprint density at radius 2 is 2.05 bits per heavy atom. The number of benzene rings is 1. The Morgan fingerprint density at radius 1 is 1.38 bits per heavy atom. The fraction of sp³-hybridized carbons (Fsp3) is 0.467. The zero-order valence-corrected chi connectivity index (χ0v) is 11.7. The summed E-state index contributed by atoms with van der Waals surface area (Å²) in [7, 11) is 0. The number of para-hydroxylation sites is 1. The molecule has 6 heteroatoms. The third-order valence-corrected chi connectivity index (χ3v) is 4.41. The number of carbonyl (C=O) groups excluding carboxylic acids is 1. The molecule has 1 amide bonds. The van der Waals surface area contributed by atoms with Gasteiger partial charge in [-0.3, -0.25) is 10.0 Å². The van der Waals surface area contributed by atoms with Crippen LogP contribution in [0.5, 0.6) is 0 Å². The standard InChI is InChI=1S/C15H18N2O4/c1-8(16-15(19)20)12(9-6-7-9)13-14(18)10-4-2-3-5-11(10)17(13)21/h2-5,8-9,12-13,16,21H,6-7H2,1H3,(H,19,20)/t8-,12+,13?/m0/s1. The summed E-state index contributed by atoms with van der Waals surface area (Å²) in [5.41, 5.74) is 0.999. The van der Waals surface area contributed by atoms with Gasteiger partial charge in [0.25, 0.3) is 0 Å². The van der Waals surface area contributed by atoms with Crippen LogP contribution in [0.4, 0.5) is 10.5 Å². The van der Waals surface area contributed by atoms with Crippen LogP contribution < -0.4 is 10.4 Å². The van der Waals surface area contributed by atoms with E-state index in [4.69, 9.17) is 5.11 Å². The molecule has 2 aliphatic rings. The molecule has 1 aliphatic heterocycles. The highest BCUT2D eigenvalue weighted by Crippen LogP contribution is 2.45. The summed E-state index contributed by atoms with van der Waals surface area (Å²) < 4.78 is 0. The summed E-state index contributed by atoms with van der Waals surface area (Å²) in [5.74, 6) is -0.0974. The van der Waals surface area contributed by atoms with Crippen molar-refractivity contribution < 1.29 is 19.9 Å². The summed E-state index contributed by atoms with van der Waals surface area (Å²) >= 11 is 0. The van der Waals surface area contributed by atoms with E-state index in [0.29, 0.717) is 11.3 Å². The Bertz CT molecular complexity index is 585. The van der Waals surface area contributed by atoms with Crippen molar-refractivity contribution in [3.63, 3.8) is 0 Å². The van der Waals surface area contributed by atoms with E-state index in [-0.39, 0.29) is 17.6 Å². The quantitative estimate of drug-likeness (QED) is 0.790. The lowest BCUT2D eigenvalue weighted by molar-refractivity contribution is 0.0829. The second kappa shape index (κ2) is 5.04. The van der Waals surface area contributed by atoms with Gasteiger partial charge in [-0.05, 0) is 37.8 Å². The Hall–Kier alpha value is -2.08. The number of fused-ring (bicyclic) bond motifs is 1. The second-order valence-electron chi connectivity index (χ2n) is 5.82. The number of hydrogen-bond donors (Lipinski definition) is 3. The van der Waals surface area contributed by atoms with Gasteiger partial charge in [-0.2, -0.15) is 0 Å². The van der Waals surface area contributed by atoms with Crippen molar-refractivity contribution in [2.45, 2.75) is 31.8 Å². The number of rotatable bonds is 4. The molecule has 1 unspecified atom stereocenters. The van der Waals surface area contributed by atoms with Gasteiger partial charge in [0.2, 0.25) is 0 Å². The molecule has 1 fully saturated rings. The Balaban J connectivity index is 1.91. The van der Waals surface area contributed by atoms with E-state index in [9.17, 15) is 14.8 Å². The van der Waals surface area contributed by atoms with Gasteiger partial charge >= 0.3 is 6.09 Å². The second-order valence-corrected chi connectivity index (χ2v) is 5.82. The number of carbonyl (C=O) groups is 2. The molecule has 3 atom stereocenters. The maximum atomic E-state index is 12.6. The average molecular weight is 290 g/mol. The van der Waals surface area contributed by atoms with Crippen molar-refractivity contribution in [1.29, 1.82) is 0 Å². The van der Waals surface area contributed by atoms with Crippen LogP contribution in [0.3, 0.4) is 0 Å². The highest BCUT2D eigenvalue weighted by atomic mass is 16.5. The van der Waals surface area contributed by atoms with E-state index < -0.39 is 18.2 Å². The number of amides is 1. The molecule has 6 nitrogen and oxygen atoms in total. The number of nitrogens with zero attached hydrogens (tertiary/aromatic N) is 1. The normalized spacial score (nSPS) is 23.6. The first-order valence-corrected chi connectivity index (χ1v) is 7.11. The van der Waals surface area contributed by atoms with Crippen LogP contribution in [0.15, 0.2) is 24.3 Å². The van der Waals surface area contributed by atoms with Crippen LogP contribution in [0, 0.1) is 11.8 Å². The first-order chi connectivity index (χ1) is 10.0. The maximum absolute atomic E-state index is 12.6. The van der Waals surface area contributed by atoms with E-state index in [2.05, 4.69) is 5.32 Å². The fourth-order valence-corrected chi connectivity index (χ4v) is 3.35. The predicted octanol–water partition coefficient (Wildman–Crippen LogP) is 2.13. The molecule has 1 heterocycles. The molecule has 1 aliphatic carbocycles. The minimum Gasteiger partial charge on any atom is -0.465 e. The van der Waals surface area contributed by atoms with Gasteiger partial charge in [0.05, 0.1) is 5.69 Å². The van der Waals surface area contributed by atoms with Crippen molar-refractivity contribution in [3.05, 3.63) is 29.8 Å². The number of anilines is 1. The third-order valence-electron chi connectivity index (χ3n) is 4.41. The number of hydrogen-bond acceptors (Lipinski definition) is 4. The Kier molecular flexibility index (Phi) is 3.33.